The van der Waals surface area contributed by atoms with Gasteiger partial charge in [0.2, 0.25) is 5.91 Å². The Morgan fingerprint density at radius 1 is 1.15 bits per heavy atom. The van der Waals surface area contributed by atoms with Crippen LogP contribution in [0.25, 0.3) is 0 Å². The molecule has 0 bridgehead atoms. The van der Waals surface area contributed by atoms with Crippen LogP contribution in [0.2, 0.25) is 0 Å². The van der Waals surface area contributed by atoms with Gasteiger partial charge >= 0.3 is 0 Å². The Balaban J connectivity index is 0. The van der Waals surface area contributed by atoms with Gasteiger partial charge in [0, 0.05) is 19.9 Å². The van der Waals surface area contributed by atoms with Crippen molar-refractivity contribution in [1.82, 2.24) is 10.2 Å². The molecule has 0 aromatic rings. The van der Waals surface area contributed by atoms with Gasteiger partial charge in [-0.1, -0.05) is 54.4 Å². The molecule has 1 rings (SSSR count). The smallest absolute Gasteiger partial charge is 0.222 e. The molecule has 0 saturated heterocycles. The molecule has 0 unspecified atom stereocenters. The third-order valence-corrected chi connectivity index (χ3v) is 3.86. The average Bonchev–Trinajstić information content (AvgIpc) is 2.92. The number of nitrogens with one attached hydrogen (secondary N) is 1. The van der Waals surface area contributed by atoms with E-state index in [0.717, 1.165) is 12.6 Å². The Kier molecular flexibility index (Phi) is 10.8. The highest BCUT2D eigenvalue weighted by Gasteiger charge is 2.19. The van der Waals surface area contributed by atoms with Crippen LogP contribution >= 0.6 is 0 Å². The van der Waals surface area contributed by atoms with Gasteiger partial charge in [-0.15, -0.1) is 0 Å². The molecule has 122 valence electrons. The van der Waals surface area contributed by atoms with Crippen LogP contribution in [0.1, 0.15) is 68.7 Å². The molecule has 1 saturated carbocycles. The third kappa shape index (κ3) is 8.57. The van der Waals surface area contributed by atoms with Crippen LogP contribution < -0.4 is 5.32 Å². The summed E-state index contributed by atoms with van der Waals surface area (Å²) in [5, 5.41) is 2.84. The predicted octanol–water partition coefficient (Wildman–Crippen LogP) is 3.93. The molecule has 0 heterocycles. The van der Waals surface area contributed by atoms with E-state index >= 15 is 0 Å². The quantitative estimate of drug-likeness (QED) is 0.802. The minimum Gasteiger partial charge on any atom is -0.356 e. The van der Waals surface area contributed by atoms with E-state index in [1.165, 1.54) is 38.8 Å². The fourth-order valence-electron chi connectivity index (χ4n) is 2.52. The molecule has 3 nitrogen and oxygen atoms in total. The normalized spacial score (nSPS) is 15.7. The van der Waals surface area contributed by atoms with Gasteiger partial charge in [0.15, 0.2) is 0 Å². The number of nitrogens with zero attached hydrogens (tertiary/aromatic N) is 1. The third-order valence-electron chi connectivity index (χ3n) is 3.86. The molecule has 0 radical (unpaired) electrons. The van der Waals surface area contributed by atoms with Crippen LogP contribution in [0.4, 0.5) is 0 Å². The first-order chi connectivity index (χ1) is 9.42. The molecule has 0 spiro atoms. The summed E-state index contributed by atoms with van der Waals surface area (Å²) in [7, 11) is 0. The molecule has 0 atom stereocenters. The lowest BCUT2D eigenvalue weighted by Crippen LogP contribution is -2.32. The van der Waals surface area contributed by atoms with Gasteiger partial charge in [-0.05, 0) is 31.8 Å². The number of hydrogen-bond acceptors (Lipinski definition) is 2. The van der Waals surface area contributed by atoms with E-state index in [9.17, 15) is 4.79 Å². The Morgan fingerprint density at radius 3 is 2.00 bits per heavy atom. The van der Waals surface area contributed by atoms with Crippen molar-refractivity contribution in [2.75, 3.05) is 19.6 Å². The maximum Gasteiger partial charge on any atom is 0.222 e. The SMILES string of the molecule is CC(C)CNC(=O)C(C)C.CCN(CC)C1CCCC1.[HH]. The van der Waals surface area contributed by atoms with E-state index in [0.29, 0.717) is 5.92 Å². The number of carbonyl (C=O) groups is 1. The number of amides is 1. The van der Waals surface area contributed by atoms with Crippen molar-refractivity contribution in [2.45, 2.75) is 73.3 Å². The summed E-state index contributed by atoms with van der Waals surface area (Å²) in [5.74, 6) is 0.801. The molecule has 1 aliphatic rings. The predicted molar refractivity (Wildman–Crippen MR) is 90.0 cm³/mol. The molecule has 3 heteroatoms. The Morgan fingerprint density at radius 2 is 1.65 bits per heavy atom. The van der Waals surface area contributed by atoms with Gasteiger partial charge in [-0.2, -0.15) is 0 Å². The molecule has 1 amide bonds. The fourth-order valence-corrected chi connectivity index (χ4v) is 2.52. The molecule has 1 N–H and O–H groups in total. The minimum atomic E-state index is 0. The number of rotatable bonds is 6. The summed E-state index contributed by atoms with van der Waals surface area (Å²) in [6.07, 6.45) is 5.81. The van der Waals surface area contributed by atoms with E-state index in [1.54, 1.807) is 0 Å². The van der Waals surface area contributed by atoms with Crippen LogP contribution in [-0.4, -0.2) is 36.5 Å². The summed E-state index contributed by atoms with van der Waals surface area (Å²) in [4.78, 5) is 13.5. The van der Waals surface area contributed by atoms with E-state index in [4.69, 9.17) is 0 Å². The van der Waals surface area contributed by atoms with Gasteiger partial charge in [-0.25, -0.2) is 0 Å². The van der Waals surface area contributed by atoms with Crippen LogP contribution in [0.3, 0.4) is 0 Å². The van der Waals surface area contributed by atoms with Crippen molar-refractivity contribution in [3.05, 3.63) is 0 Å². The number of carbonyl (C=O) groups excluding carboxylic acids is 1. The van der Waals surface area contributed by atoms with Crippen LogP contribution in [0, 0.1) is 11.8 Å². The van der Waals surface area contributed by atoms with Gasteiger partial charge < -0.3 is 10.2 Å². The van der Waals surface area contributed by atoms with Crippen LogP contribution in [-0.2, 0) is 4.79 Å². The maximum atomic E-state index is 10.9. The molecular weight excluding hydrogens is 248 g/mol. The second kappa shape index (κ2) is 11.1. The largest absolute Gasteiger partial charge is 0.356 e. The summed E-state index contributed by atoms with van der Waals surface area (Å²) in [6, 6.07) is 0.926. The summed E-state index contributed by atoms with van der Waals surface area (Å²) < 4.78 is 0. The fraction of sp³-hybridized carbons (Fsp3) is 0.941. The maximum absolute atomic E-state index is 10.9. The zero-order chi connectivity index (χ0) is 15.5. The highest BCUT2D eigenvalue weighted by atomic mass is 16.1. The second-order valence-corrected chi connectivity index (χ2v) is 6.45. The van der Waals surface area contributed by atoms with Crippen molar-refractivity contribution in [1.29, 1.82) is 0 Å². The first kappa shape index (κ1) is 19.4. The lowest BCUT2D eigenvalue weighted by atomic mass is 10.2. The van der Waals surface area contributed by atoms with Gasteiger partial charge in [0.25, 0.3) is 0 Å². The Bertz CT molecular complexity index is 247. The first-order valence-corrected chi connectivity index (χ1v) is 8.44. The molecule has 0 aromatic heterocycles. The monoisotopic (exact) mass is 286 g/mol. The lowest BCUT2D eigenvalue weighted by molar-refractivity contribution is -0.124. The highest BCUT2D eigenvalue weighted by Crippen LogP contribution is 2.22. The van der Waals surface area contributed by atoms with Crippen molar-refractivity contribution >= 4 is 5.91 Å². The zero-order valence-corrected chi connectivity index (χ0v) is 14.5. The zero-order valence-electron chi connectivity index (χ0n) is 14.5. The van der Waals surface area contributed by atoms with Gasteiger partial charge in [0.05, 0.1) is 0 Å². The molecule has 20 heavy (non-hydrogen) atoms. The molecule has 1 aliphatic carbocycles. The molecule has 0 aliphatic heterocycles. The standard InChI is InChI=1S/C9H19N.C8H17NO.H2/c1-3-10(4-2)9-7-5-6-8-9;1-6(2)5-9-8(10)7(3)4;/h9H,3-8H2,1-2H3;6-7H,5H2,1-4H3,(H,9,10);1H. The lowest BCUT2D eigenvalue weighted by Gasteiger charge is -2.25. The van der Waals surface area contributed by atoms with Crippen LogP contribution in [0.5, 0.6) is 0 Å². The van der Waals surface area contributed by atoms with Gasteiger partial charge in [-0.3, -0.25) is 4.79 Å². The van der Waals surface area contributed by atoms with E-state index in [2.05, 4.69) is 37.9 Å². The number of hydrogen-bond donors (Lipinski definition) is 1. The Labute approximate surface area is 128 Å². The first-order valence-electron chi connectivity index (χ1n) is 8.44. The molecule has 0 aromatic carbocycles. The summed E-state index contributed by atoms with van der Waals surface area (Å²) in [6.45, 7) is 15.8. The van der Waals surface area contributed by atoms with Crippen molar-refractivity contribution < 1.29 is 6.22 Å². The van der Waals surface area contributed by atoms with Crippen LogP contribution in [0.15, 0.2) is 0 Å². The average molecular weight is 287 g/mol. The van der Waals surface area contributed by atoms with E-state index in [1.807, 2.05) is 13.8 Å². The van der Waals surface area contributed by atoms with E-state index < -0.39 is 0 Å². The highest BCUT2D eigenvalue weighted by molar-refractivity contribution is 5.77. The van der Waals surface area contributed by atoms with Gasteiger partial charge in [0.1, 0.15) is 0 Å². The van der Waals surface area contributed by atoms with Crippen molar-refractivity contribution in [3.8, 4) is 0 Å². The summed E-state index contributed by atoms with van der Waals surface area (Å²) in [5.41, 5.74) is 0. The van der Waals surface area contributed by atoms with Crippen molar-refractivity contribution in [2.24, 2.45) is 11.8 Å². The molecule has 1 fully saturated rings. The minimum absolute atomic E-state index is 0. The topological polar surface area (TPSA) is 32.3 Å². The second-order valence-electron chi connectivity index (χ2n) is 6.45. The summed E-state index contributed by atoms with van der Waals surface area (Å²) >= 11 is 0. The van der Waals surface area contributed by atoms with E-state index in [-0.39, 0.29) is 13.3 Å². The molecular formula is C17H38N2O. The van der Waals surface area contributed by atoms with Crippen molar-refractivity contribution in [3.63, 3.8) is 0 Å². The Hall–Kier alpha value is -0.570.